The second kappa shape index (κ2) is 7.87. The van der Waals surface area contributed by atoms with Crippen LogP contribution in [0.5, 0.6) is 5.75 Å². The molecule has 2 amide bonds. The molecule has 0 bridgehead atoms. The van der Waals surface area contributed by atoms with Gasteiger partial charge >= 0.3 is 0 Å². The molecule has 0 saturated heterocycles. The summed E-state index contributed by atoms with van der Waals surface area (Å²) in [5, 5.41) is 15.2. The molecule has 1 aromatic carbocycles. The fraction of sp³-hybridized carbons (Fsp3) is 0.550. The van der Waals surface area contributed by atoms with Crippen LogP contribution >= 0.6 is 0 Å². The number of nitriles is 1. The number of nitrogens with zero attached hydrogens (tertiary/aromatic N) is 2. The smallest absolute Gasteiger partial charge is 0.262 e. The van der Waals surface area contributed by atoms with Crippen molar-refractivity contribution < 1.29 is 14.3 Å². The molecule has 1 aliphatic heterocycles. The van der Waals surface area contributed by atoms with E-state index in [2.05, 4.69) is 16.7 Å². The van der Waals surface area contributed by atoms with Crippen molar-refractivity contribution in [1.82, 2.24) is 10.6 Å². The van der Waals surface area contributed by atoms with Gasteiger partial charge in [0.25, 0.3) is 5.91 Å². The van der Waals surface area contributed by atoms with Crippen LogP contribution in [0, 0.1) is 17.2 Å². The van der Waals surface area contributed by atoms with Crippen molar-refractivity contribution in [2.75, 3.05) is 24.5 Å². The Balaban J connectivity index is 1.72. The number of benzene rings is 1. The van der Waals surface area contributed by atoms with Crippen LogP contribution in [0.15, 0.2) is 24.3 Å². The summed E-state index contributed by atoms with van der Waals surface area (Å²) in [6.07, 6.45) is 2.09. The average molecular weight is 370 g/mol. The van der Waals surface area contributed by atoms with Crippen molar-refractivity contribution in [3.05, 3.63) is 24.3 Å². The largest absolute Gasteiger partial charge is 0.477 e. The topological polar surface area (TPSA) is 94.5 Å². The lowest BCUT2D eigenvalue weighted by Gasteiger charge is -2.35. The maximum absolute atomic E-state index is 12.6. The molecule has 144 valence electrons. The summed E-state index contributed by atoms with van der Waals surface area (Å²) in [5.41, 5.74) is -0.0573. The molecule has 27 heavy (non-hydrogen) atoms. The van der Waals surface area contributed by atoms with Gasteiger partial charge in [-0.1, -0.05) is 19.1 Å². The Morgan fingerprint density at radius 3 is 2.78 bits per heavy atom. The number of ether oxygens (including phenoxy) is 1. The molecule has 0 radical (unpaired) electrons. The summed E-state index contributed by atoms with van der Waals surface area (Å²) < 4.78 is 5.84. The first-order valence-corrected chi connectivity index (χ1v) is 9.47. The number of rotatable bonds is 7. The fourth-order valence-corrected chi connectivity index (χ4v) is 3.34. The minimum atomic E-state index is -0.833. The third kappa shape index (κ3) is 4.33. The monoisotopic (exact) mass is 370 g/mol. The van der Waals surface area contributed by atoms with Crippen LogP contribution in [0.3, 0.4) is 0 Å². The van der Waals surface area contributed by atoms with Crippen LogP contribution < -0.4 is 20.3 Å². The number of carbonyl (C=O) groups is 2. The van der Waals surface area contributed by atoms with Crippen LogP contribution in [0.25, 0.3) is 0 Å². The van der Waals surface area contributed by atoms with Gasteiger partial charge in [-0.05, 0) is 44.2 Å². The van der Waals surface area contributed by atoms with Gasteiger partial charge in [0.1, 0.15) is 11.3 Å². The zero-order valence-electron chi connectivity index (χ0n) is 15.8. The van der Waals surface area contributed by atoms with E-state index in [1.165, 1.54) is 0 Å². The van der Waals surface area contributed by atoms with Crippen LogP contribution in [-0.4, -0.2) is 43.1 Å². The fourth-order valence-electron chi connectivity index (χ4n) is 3.34. The van der Waals surface area contributed by atoms with Crippen molar-refractivity contribution in [3.63, 3.8) is 0 Å². The number of nitrogens with one attached hydrogen (secondary N) is 2. The number of anilines is 1. The van der Waals surface area contributed by atoms with Crippen LogP contribution in [0.4, 0.5) is 5.69 Å². The molecule has 1 aliphatic carbocycles. The van der Waals surface area contributed by atoms with Crippen LogP contribution in [-0.2, 0) is 9.59 Å². The summed E-state index contributed by atoms with van der Waals surface area (Å²) in [4.78, 5) is 26.8. The van der Waals surface area contributed by atoms with Gasteiger partial charge in [0.15, 0.2) is 6.10 Å². The summed E-state index contributed by atoms with van der Waals surface area (Å²) in [7, 11) is 0. The lowest BCUT2D eigenvalue weighted by Crippen LogP contribution is -2.54. The molecule has 2 aliphatic rings. The molecular formula is C20H26N4O3. The molecule has 2 N–H and O–H groups in total. The minimum absolute atomic E-state index is 0.0714. The molecule has 1 aromatic rings. The number of hydrogen-bond acceptors (Lipinski definition) is 5. The van der Waals surface area contributed by atoms with Gasteiger partial charge in [-0.3, -0.25) is 9.59 Å². The molecule has 7 heteroatoms. The molecule has 1 heterocycles. The molecular weight excluding hydrogens is 344 g/mol. The first-order valence-electron chi connectivity index (χ1n) is 9.47. The van der Waals surface area contributed by atoms with Crippen LogP contribution in [0.2, 0.25) is 0 Å². The molecule has 0 unspecified atom stereocenters. The van der Waals surface area contributed by atoms with Gasteiger partial charge in [-0.25, -0.2) is 0 Å². The zero-order valence-corrected chi connectivity index (χ0v) is 15.8. The van der Waals surface area contributed by atoms with Gasteiger partial charge in [-0.2, -0.15) is 5.26 Å². The van der Waals surface area contributed by atoms with E-state index >= 15 is 0 Å². The maximum Gasteiger partial charge on any atom is 0.262 e. The predicted molar refractivity (Wildman–Crippen MR) is 101 cm³/mol. The lowest BCUT2D eigenvalue weighted by atomic mass is 9.98. The van der Waals surface area contributed by atoms with Crippen molar-refractivity contribution in [2.45, 2.75) is 44.8 Å². The van der Waals surface area contributed by atoms with Crippen molar-refractivity contribution in [3.8, 4) is 11.8 Å². The van der Waals surface area contributed by atoms with Gasteiger partial charge in [-0.15, -0.1) is 0 Å². The number of amides is 2. The highest BCUT2D eigenvalue weighted by molar-refractivity contribution is 5.86. The lowest BCUT2D eigenvalue weighted by molar-refractivity contribution is -0.128. The summed E-state index contributed by atoms with van der Waals surface area (Å²) in [5.74, 6) is 0.390. The number of para-hydroxylation sites is 2. The van der Waals surface area contributed by atoms with E-state index in [9.17, 15) is 14.9 Å². The normalized spacial score (nSPS) is 20.5. The Kier molecular flexibility index (Phi) is 5.54. The average Bonchev–Trinajstić information content (AvgIpc) is 3.51. The summed E-state index contributed by atoms with van der Waals surface area (Å²) in [6, 6.07) is 9.61. The Morgan fingerprint density at radius 2 is 2.11 bits per heavy atom. The first kappa shape index (κ1) is 19.0. The molecule has 0 aromatic heterocycles. The first-order chi connectivity index (χ1) is 13.0. The maximum atomic E-state index is 12.6. The highest BCUT2D eigenvalue weighted by atomic mass is 16.5. The standard InChI is InChI=1S/C20H26N4O3/c1-3-10-22-19(26)17-11-24(15-6-4-5-7-16(15)27-17)12-18(25)23-20(2,13-21)14-8-9-14/h4-7,14,17H,3,8-12H2,1-2H3,(H,22,26)(H,23,25)/t17-,20+/m1/s1. The minimum Gasteiger partial charge on any atom is -0.477 e. The van der Waals surface area contributed by atoms with Gasteiger partial charge < -0.3 is 20.3 Å². The van der Waals surface area contributed by atoms with E-state index < -0.39 is 11.6 Å². The van der Waals surface area contributed by atoms with E-state index in [0.717, 1.165) is 24.9 Å². The third-order valence-corrected chi connectivity index (χ3v) is 5.06. The van der Waals surface area contributed by atoms with Gasteiger partial charge in [0.2, 0.25) is 5.91 Å². The van der Waals surface area contributed by atoms with Gasteiger partial charge in [0, 0.05) is 6.54 Å². The highest BCUT2D eigenvalue weighted by Gasteiger charge is 2.43. The van der Waals surface area contributed by atoms with E-state index in [-0.39, 0.29) is 30.8 Å². The Hall–Kier alpha value is -2.75. The van der Waals surface area contributed by atoms with Crippen molar-refractivity contribution in [1.29, 1.82) is 5.26 Å². The van der Waals surface area contributed by atoms with Gasteiger partial charge in [0.05, 0.1) is 24.8 Å². The Morgan fingerprint density at radius 1 is 1.37 bits per heavy atom. The van der Waals surface area contributed by atoms with Crippen molar-refractivity contribution in [2.24, 2.45) is 5.92 Å². The molecule has 1 saturated carbocycles. The van der Waals surface area contributed by atoms with E-state index in [1.807, 2.05) is 30.0 Å². The second-order valence-corrected chi connectivity index (χ2v) is 7.38. The van der Waals surface area contributed by atoms with Crippen molar-refractivity contribution >= 4 is 17.5 Å². The van der Waals surface area contributed by atoms with E-state index in [1.54, 1.807) is 13.0 Å². The molecule has 2 atom stereocenters. The number of carbonyl (C=O) groups excluding carboxylic acids is 2. The Bertz CT molecular complexity index is 756. The van der Waals surface area contributed by atoms with E-state index in [4.69, 9.17) is 4.74 Å². The quantitative estimate of drug-likeness (QED) is 0.760. The molecule has 7 nitrogen and oxygen atoms in total. The van der Waals surface area contributed by atoms with E-state index in [0.29, 0.717) is 12.3 Å². The molecule has 3 rings (SSSR count). The second-order valence-electron chi connectivity index (χ2n) is 7.38. The van der Waals surface area contributed by atoms with Crippen LogP contribution in [0.1, 0.15) is 33.1 Å². The number of hydrogen-bond donors (Lipinski definition) is 2. The third-order valence-electron chi connectivity index (χ3n) is 5.06. The number of fused-ring (bicyclic) bond motifs is 1. The molecule has 1 fully saturated rings. The SMILES string of the molecule is CCCNC(=O)[C@H]1CN(CC(=O)N[C@@](C)(C#N)C2CC2)c2ccccc2O1. The predicted octanol–water partition coefficient (Wildman–Crippen LogP) is 1.59. The highest BCUT2D eigenvalue weighted by Crippen LogP contribution is 2.39. The zero-order chi connectivity index (χ0) is 19.4. The Labute approximate surface area is 159 Å². The summed E-state index contributed by atoms with van der Waals surface area (Å²) >= 11 is 0. The molecule has 0 spiro atoms. The summed E-state index contributed by atoms with van der Waals surface area (Å²) in [6.45, 7) is 4.70.